The van der Waals surface area contributed by atoms with Crippen LogP contribution < -0.4 is 11.1 Å². The highest BCUT2D eigenvalue weighted by atomic mass is 15.2. The minimum absolute atomic E-state index is 0.448. The van der Waals surface area contributed by atoms with E-state index in [4.69, 9.17) is 5.73 Å². The first kappa shape index (κ1) is 10.4. The summed E-state index contributed by atoms with van der Waals surface area (Å²) in [4.78, 5) is 12.5. The Balaban J connectivity index is 2.30. The van der Waals surface area contributed by atoms with Crippen molar-refractivity contribution in [3.63, 3.8) is 0 Å². The van der Waals surface area contributed by atoms with Gasteiger partial charge in [-0.2, -0.15) is 4.98 Å². The number of hydrogen-bond acceptors (Lipinski definition) is 5. The van der Waals surface area contributed by atoms with Crippen LogP contribution in [0.2, 0.25) is 0 Å². The van der Waals surface area contributed by atoms with Gasteiger partial charge in [-0.3, -0.25) is 0 Å². The summed E-state index contributed by atoms with van der Waals surface area (Å²) in [5.41, 5.74) is 7.50. The van der Waals surface area contributed by atoms with E-state index >= 15 is 0 Å². The number of hydrogen-bond donors (Lipinski definition) is 2. The number of nitrogens with one attached hydrogen (secondary N) is 1. The summed E-state index contributed by atoms with van der Waals surface area (Å²) in [5.74, 6) is 1.66. The van der Waals surface area contributed by atoms with E-state index in [0.29, 0.717) is 11.8 Å². The Hall–Kier alpha value is -2.17. The Morgan fingerprint density at radius 2 is 2.06 bits per heavy atom. The molecule has 2 heterocycles. The van der Waals surface area contributed by atoms with Crippen LogP contribution in [0.1, 0.15) is 11.3 Å². The maximum Gasteiger partial charge on any atom is 0.230 e. The summed E-state index contributed by atoms with van der Waals surface area (Å²) >= 11 is 0. The van der Waals surface area contributed by atoms with Crippen LogP contribution in [-0.4, -0.2) is 15.0 Å². The van der Waals surface area contributed by atoms with Crippen LogP contribution in [0.4, 0.5) is 17.6 Å². The van der Waals surface area contributed by atoms with Crippen LogP contribution in [-0.2, 0) is 0 Å². The number of nitrogens with two attached hydrogens (primary N) is 1. The molecular weight excluding hydrogens is 202 g/mol. The van der Waals surface area contributed by atoms with Crippen LogP contribution in [0.15, 0.2) is 24.4 Å². The van der Waals surface area contributed by atoms with Crippen molar-refractivity contribution >= 4 is 17.6 Å². The molecule has 0 saturated heterocycles. The molecule has 0 atom stereocenters. The van der Waals surface area contributed by atoms with Gasteiger partial charge >= 0.3 is 0 Å². The molecule has 0 aliphatic carbocycles. The van der Waals surface area contributed by atoms with Gasteiger partial charge < -0.3 is 11.1 Å². The fraction of sp³-hybridized carbons (Fsp3) is 0.182. The second kappa shape index (κ2) is 4.14. The van der Waals surface area contributed by atoms with Crippen molar-refractivity contribution in [3.05, 3.63) is 35.7 Å². The number of rotatable bonds is 2. The summed E-state index contributed by atoms with van der Waals surface area (Å²) in [6.45, 7) is 3.84. The fourth-order valence-electron chi connectivity index (χ4n) is 1.37. The van der Waals surface area contributed by atoms with Crippen molar-refractivity contribution in [3.8, 4) is 0 Å². The zero-order valence-corrected chi connectivity index (χ0v) is 9.23. The molecule has 16 heavy (non-hydrogen) atoms. The average Bonchev–Trinajstić information content (AvgIpc) is 2.20. The number of pyridine rings is 1. The van der Waals surface area contributed by atoms with E-state index in [1.54, 1.807) is 12.3 Å². The number of aromatic nitrogens is 3. The lowest BCUT2D eigenvalue weighted by molar-refractivity contribution is 1.10. The topological polar surface area (TPSA) is 76.7 Å². The molecule has 0 aromatic carbocycles. The quantitative estimate of drug-likeness (QED) is 0.799. The monoisotopic (exact) mass is 215 g/mol. The first-order chi connectivity index (χ1) is 7.65. The second-order valence-electron chi connectivity index (χ2n) is 3.55. The van der Waals surface area contributed by atoms with Crippen molar-refractivity contribution in [2.24, 2.45) is 0 Å². The van der Waals surface area contributed by atoms with Gasteiger partial charge in [0.25, 0.3) is 0 Å². The van der Waals surface area contributed by atoms with Crippen molar-refractivity contribution < 1.29 is 0 Å². The van der Waals surface area contributed by atoms with E-state index in [-0.39, 0.29) is 0 Å². The first-order valence-corrected chi connectivity index (χ1v) is 4.95. The molecule has 5 heteroatoms. The standard InChI is InChI=1S/C11H13N5/c1-7-4-3-5-13-10(7)16-11-14-8(2)6-9(12)15-11/h3-6H,1-2H3,(H3,12,13,14,15,16). The van der Waals surface area contributed by atoms with Crippen LogP contribution in [0.5, 0.6) is 0 Å². The van der Waals surface area contributed by atoms with E-state index in [2.05, 4.69) is 20.3 Å². The number of nitrogens with zero attached hydrogens (tertiary/aromatic N) is 3. The molecule has 0 unspecified atom stereocenters. The zero-order chi connectivity index (χ0) is 11.5. The van der Waals surface area contributed by atoms with Crippen molar-refractivity contribution in [1.82, 2.24) is 15.0 Å². The number of nitrogen functional groups attached to an aromatic ring is 1. The predicted octanol–water partition coefficient (Wildman–Crippen LogP) is 1.81. The third-order valence-corrected chi connectivity index (χ3v) is 2.11. The van der Waals surface area contributed by atoms with Gasteiger partial charge in [0.05, 0.1) is 0 Å². The van der Waals surface area contributed by atoms with Gasteiger partial charge in [-0.1, -0.05) is 6.07 Å². The molecular formula is C11H13N5. The molecule has 2 aromatic heterocycles. The lowest BCUT2D eigenvalue weighted by atomic mass is 10.3. The largest absolute Gasteiger partial charge is 0.384 e. The molecule has 0 fully saturated rings. The maximum atomic E-state index is 5.64. The van der Waals surface area contributed by atoms with Gasteiger partial charge in [0.15, 0.2) is 0 Å². The normalized spacial score (nSPS) is 10.1. The Labute approximate surface area is 93.8 Å². The molecule has 0 spiro atoms. The molecule has 2 aromatic rings. The Kier molecular flexibility index (Phi) is 2.68. The molecule has 82 valence electrons. The van der Waals surface area contributed by atoms with E-state index in [0.717, 1.165) is 17.1 Å². The summed E-state index contributed by atoms with van der Waals surface area (Å²) in [5, 5.41) is 3.04. The first-order valence-electron chi connectivity index (χ1n) is 4.95. The van der Waals surface area contributed by atoms with Crippen LogP contribution in [0.3, 0.4) is 0 Å². The van der Waals surface area contributed by atoms with E-state index in [1.807, 2.05) is 26.0 Å². The zero-order valence-electron chi connectivity index (χ0n) is 9.23. The molecule has 0 aliphatic heterocycles. The van der Waals surface area contributed by atoms with Crippen molar-refractivity contribution in [2.75, 3.05) is 11.1 Å². The lowest BCUT2D eigenvalue weighted by Gasteiger charge is -2.07. The highest BCUT2D eigenvalue weighted by Gasteiger charge is 2.03. The molecule has 0 saturated carbocycles. The Morgan fingerprint density at radius 3 is 2.75 bits per heavy atom. The minimum Gasteiger partial charge on any atom is -0.384 e. The van der Waals surface area contributed by atoms with Gasteiger partial charge in [-0.25, -0.2) is 9.97 Å². The summed E-state index contributed by atoms with van der Waals surface area (Å²) in [6, 6.07) is 5.57. The molecule has 0 radical (unpaired) electrons. The fourth-order valence-corrected chi connectivity index (χ4v) is 1.37. The number of aryl methyl sites for hydroxylation is 2. The van der Waals surface area contributed by atoms with Gasteiger partial charge in [0.2, 0.25) is 5.95 Å². The van der Waals surface area contributed by atoms with Crippen molar-refractivity contribution in [2.45, 2.75) is 13.8 Å². The molecule has 0 aliphatic rings. The van der Waals surface area contributed by atoms with Crippen LogP contribution in [0, 0.1) is 13.8 Å². The third-order valence-electron chi connectivity index (χ3n) is 2.11. The van der Waals surface area contributed by atoms with Gasteiger partial charge in [0, 0.05) is 18.0 Å². The average molecular weight is 215 g/mol. The number of anilines is 3. The summed E-state index contributed by atoms with van der Waals surface area (Å²) in [6.07, 6.45) is 1.72. The van der Waals surface area contributed by atoms with E-state index in [9.17, 15) is 0 Å². The second-order valence-corrected chi connectivity index (χ2v) is 3.55. The molecule has 3 N–H and O–H groups in total. The molecule has 0 amide bonds. The predicted molar refractivity (Wildman–Crippen MR) is 63.4 cm³/mol. The van der Waals surface area contributed by atoms with Gasteiger partial charge in [0.1, 0.15) is 11.6 Å². The Morgan fingerprint density at radius 1 is 1.25 bits per heavy atom. The summed E-state index contributed by atoms with van der Waals surface area (Å²) in [7, 11) is 0. The molecule has 0 bridgehead atoms. The highest BCUT2D eigenvalue weighted by molar-refractivity contribution is 5.53. The van der Waals surface area contributed by atoms with Crippen LogP contribution >= 0.6 is 0 Å². The minimum atomic E-state index is 0.448. The smallest absolute Gasteiger partial charge is 0.230 e. The van der Waals surface area contributed by atoms with Crippen LogP contribution in [0.25, 0.3) is 0 Å². The lowest BCUT2D eigenvalue weighted by Crippen LogP contribution is -2.03. The maximum absolute atomic E-state index is 5.64. The van der Waals surface area contributed by atoms with Gasteiger partial charge in [-0.15, -0.1) is 0 Å². The highest BCUT2D eigenvalue weighted by Crippen LogP contribution is 2.15. The van der Waals surface area contributed by atoms with Crippen molar-refractivity contribution in [1.29, 1.82) is 0 Å². The van der Waals surface area contributed by atoms with Gasteiger partial charge in [-0.05, 0) is 25.5 Å². The van der Waals surface area contributed by atoms with E-state index < -0.39 is 0 Å². The Bertz CT molecular complexity index is 489. The summed E-state index contributed by atoms with van der Waals surface area (Å²) < 4.78 is 0. The SMILES string of the molecule is Cc1cc(N)nc(Nc2ncccc2C)n1. The molecule has 2 rings (SSSR count). The molecule has 5 nitrogen and oxygen atoms in total. The third kappa shape index (κ3) is 2.25. The van der Waals surface area contributed by atoms with E-state index in [1.165, 1.54) is 0 Å².